The van der Waals surface area contributed by atoms with Crippen molar-refractivity contribution in [2.75, 3.05) is 13.1 Å². The third-order valence-corrected chi connectivity index (χ3v) is 4.61. The summed E-state index contributed by atoms with van der Waals surface area (Å²) in [6.45, 7) is 4.30. The van der Waals surface area contributed by atoms with Crippen molar-refractivity contribution in [3.05, 3.63) is 53.4 Å². The highest BCUT2D eigenvalue weighted by Gasteiger charge is 2.03. The van der Waals surface area contributed by atoms with Crippen LogP contribution in [0, 0.1) is 0 Å². The fourth-order valence-corrected chi connectivity index (χ4v) is 3.38. The lowest BCUT2D eigenvalue weighted by atomic mass is 10.3. The molecule has 0 aliphatic carbocycles. The van der Waals surface area contributed by atoms with Gasteiger partial charge in [0.15, 0.2) is 5.96 Å². The molecule has 5 nitrogen and oxygen atoms in total. The third-order valence-electron chi connectivity index (χ3n) is 3.52. The van der Waals surface area contributed by atoms with Crippen molar-refractivity contribution in [1.29, 1.82) is 0 Å². The number of guanidine groups is 1. The zero-order chi connectivity index (χ0) is 16.6. The van der Waals surface area contributed by atoms with Crippen molar-refractivity contribution in [3.63, 3.8) is 0 Å². The highest BCUT2D eigenvalue weighted by molar-refractivity contribution is 14.0. The average Bonchev–Trinajstić information content (AvgIpc) is 3.25. The smallest absolute Gasteiger partial charge is 0.191 e. The van der Waals surface area contributed by atoms with Crippen molar-refractivity contribution >= 4 is 51.5 Å². The molecule has 0 radical (unpaired) electrons. The van der Waals surface area contributed by atoms with Crippen molar-refractivity contribution in [2.24, 2.45) is 4.99 Å². The summed E-state index contributed by atoms with van der Waals surface area (Å²) in [4.78, 5) is 9.19. The fraction of sp³-hybridized carbons (Fsp3) is 0.333. The second-order valence-corrected chi connectivity index (χ2v) is 6.50. The van der Waals surface area contributed by atoms with E-state index in [9.17, 15) is 0 Å². The molecule has 0 unspecified atom stereocenters. The monoisotopic (exact) mass is 470 g/mol. The maximum absolute atomic E-state index is 5.30. The van der Waals surface area contributed by atoms with Gasteiger partial charge in [0, 0.05) is 19.5 Å². The zero-order valence-electron chi connectivity index (χ0n) is 14.2. The quantitative estimate of drug-likeness (QED) is 0.235. The molecule has 0 saturated carbocycles. The molecule has 7 heteroatoms. The molecule has 2 N–H and O–H groups in total. The normalized spacial score (nSPS) is 11.3. The van der Waals surface area contributed by atoms with Crippen LogP contribution in [0.4, 0.5) is 0 Å². The molecule has 3 aromatic rings. The van der Waals surface area contributed by atoms with Crippen LogP contribution in [-0.2, 0) is 13.0 Å². The number of para-hydroxylation sites is 1. The summed E-state index contributed by atoms with van der Waals surface area (Å²) in [6.07, 6.45) is 3.66. The lowest BCUT2D eigenvalue weighted by molar-refractivity contribution is 0.512. The first-order valence-electron chi connectivity index (χ1n) is 8.24. The van der Waals surface area contributed by atoms with Crippen LogP contribution in [0.3, 0.4) is 0 Å². The van der Waals surface area contributed by atoms with E-state index in [-0.39, 0.29) is 24.0 Å². The second-order valence-electron chi connectivity index (χ2n) is 5.38. The van der Waals surface area contributed by atoms with Crippen LogP contribution in [0.15, 0.2) is 52.1 Å². The van der Waals surface area contributed by atoms with Gasteiger partial charge < -0.3 is 15.1 Å². The first-order valence-corrected chi connectivity index (χ1v) is 9.06. The molecular weight excluding hydrogens is 447 g/mol. The number of hydrogen-bond donors (Lipinski definition) is 2. The first-order chi connectivity index (χ1) is 11.8. The van der Waals surface area contributed by atoms with Gasteiger partial charge in [-0.1, -0.05) is 12.1 Å². The topological polar surface area (TPSA) is 62.5 Å². The van der Waals surface area contributed by atoms with Crippen LogP contribution in [0.2, 0.25) is 0 Å². The minimum absolute atomic E-state index is 0. The minimum atomic E-state index is 0. The average molecular weight is 470 g/mol. The summed E-state index contributed by atoms with van der Waals surface area (Å²) in [7, 11) is 0. The van der Waals surface area contributed by atoms with Crippen molar-refractivity contribution < 1.29 is 4.42 Å². The number of nitrogens with zero attached hydrogens (tertiary/aromatic N) is 2. The van der Waals surface area contributed by atoms with E-state index >= 15 is 0 Å². The molecule has 3 rings (SSSR count). The first kappa shape index (κ1) is 19.7. The van der Waals surface area contributed by atoms with Crippen LogP contribution in [0.1, 0.15) is 24.1 Å². The van der Waals surface area contributed by atoms with Crippen LogP contribution in [-0.4, -0.2) is 24.0 Å². The van der Waals surface area contributed by atoms with Gasteiger partial charge in [0.2, 0.25) is 0 Å². The van der Waals surface area contributed by atoms with Gasteiger partial charge in [-0.25, -0.2) is 9.98 Å². The van der Waals surface area contributed by atoms with E-state index in [2.05, 4.69) is 45.7 Å². The van der Waals surface area contributed by atoms with Gasteiger partial charge in [0.25, 0.3) is 0 Å². The number of furan rings is 1. The SMILES string of the molecule is CCNC(=NCc1ccco1)NCCCc1nc2ccccc2s1.I. The molecule has 1 aromatic carbocycles. The molecule has 25 heavy (non-hydrogen) atoms. The van der Waals surface area contributed by atoms with E-state index in [1.807, 2.05) is 18.2 Å². The Bertz CT molecular complexity index is 752. The number of benzene rings is 1. The lowest BCUT2D eigenvalue weighted by Gasteiger charge is -2.10. The van der Waals surface area contributed by atoms with Gasteiger partial charge in [-0.3, -0.25) is 0 Å². The molecular formula is C18H23IN4OS. The predicted molar refractivity (Wildman–Crippen MR) is 115 cm³/mol. The predicted octanol–water partition coefficient (Wildman–Crippen LogP) is 4.20. The van der Waals surface area contributed by atoms with Gasteiger partial charge >= 0.3 is 0 Å². The molecule has 0 aliphatic heterocycles. The van der Waals surface area contributed by atoms with Crippen LogP contribution in [0.5, 0.6) is 0 Å². The van der Waals surface area contributed by atoms with E-state index in [1.165, 1.54) is 9.71 Å². The molecule has 0 saturated heterocycles. The summed E-state index contributed by atoms with van der Waals surface area (Å²) in [5.74, 6) is 1.68. The molecule has 2 heterocycles. The number of halogens is 1. The van der Waals surface area contributed by atoms with Crippen molar-refractivity contribution in [2.45, 2.75) is 26.3 Å². The summed E-state index contributed by atoms with van der Waals surface area (Å²) >= 11 is 1.78. The number of nitrogens with one attached hydrogen (secondary N) is 2. The fourth-order valence-electron chi connectivity index (χ4n) is 2.37. The summed E-state index contributed by atoms with van der Waals surface area (Å²) in [6, 6.07) is 12.1. The Morgan fingerprint density at radius 2 is 2.08 bits per heavy atom. The zero-order valence-corrected chi connectivity index (χ0v) is 17.3. The molecule has 0 amide bonds. The van der Waals surface area contributed by atoms with Gasteiger partial charge in [-0.2, -0.15) is 0 Å². The van der Waals surface area contributed by atoms with E-state index < -0.39 is 0 Å². The van der Waals surface area contributed by atoms with E-state index in [0.717, 1.165) is 43.2 Å². The number of aryl methyl sites for hydroxylation is 1. The molecule has 0 fully saturated rings. The number of hydrogen-bond acceptors (Lipinski definition) is 4. The van der Waals surface area contributed by atoms with E-state index in [1.54, 1.807) is 17.6 Å². The lowest BCUT2D eigenvalue weighted by Crippen LogP contribution is -2.37. The molecule has 0 atom stereocenters. The van der Waals surface area contributed by atoms with Gasteiger partial charge in [0.05, 0.1) is 21.5 Å². The number of aromatic nitrogens is 1. The second kappa shape index (κ2) is 10.4. The molecule has 134 valence electrons. The van der Waals surface area contributed by atoms with Gasteiger partial charge in [-0.15, -0.1) is 35.3 Å². The van der Waals surface area contributed by atoms with Gasteiger partial charge in [0.1, 0.15) is 12.3 Å². The Labute approximate surface area is 169 Å². The van der Waals surface area contributed by atoms with Crippen LogP contribution in [0.25, 0.3) is 10.2 Å². The molecule has 0 spiro atoms. The summed E-state index contributed by atoms with van der Waals surface area (Å²) < 4.78 is 6.56. The number of aliphatic imine (C=N–C) groups is 1. The molecule has 0 aliphatic rings. The van der Waals surface area contributed by atoms with Crippen LogP contribution < -0.4 is 10.6 Å². The highest BCUT2D eigenvalue weighted by Crippen LogP contribution is 2.22. The number of rotatable bonds is 7. The van der Waals surface area contributed by atoms with E-state index in [4.69, 9.17) is 4.42 Å². The molecule has 0 bridgehead atoms. The highest BCUT2D eigenvalue weighted by atomic mass is 127. The Morgan fingerprint density at radius 1 is 1.20 bits per heavy atom. The third kappa shape index (κ3) is 6.00. The Kier molecular flexibility index (Phi) is 8.20. The van der Waals surface area contributed by atoms with Crippen molar-refractivity contribution in [1.82, 2.24) is 15.6 Å². The number of fused-ring (bicyclic) bond motifs is 1. The Morgan fingerprint density at radius 3 is 2.84 bits per heavy atom. The minimum Gasteiger partial charge on any atom is -0.467 e. The summed E-state index contributed by atoms with van der Waals surface area (Å²) in [5.41, 5.74) is 1.10. The summed E-state index contributed by atoms with van der Waals surface area (Å²) in [5, 5.41) is 7.80. The van der Waals surface area contributed by atoms with Gasteiger partial charge in [-0.05, 0) is 37.6 Å². The van der Waals surface area contributed by atoms with Crippen LogP contribution >= 0.6 is 35.3 Å². The van der Waals surface area contributed by atoms with Crippen molar-refractivity contribution in [3.8, 4) is 0 Å². The number of thiazole rings is 1. The van der Waals surface area contributed by atoms with E-state index in [0.29, 0.717) is 6.54 Å². The maximum Gasteiger partial charge on any atom is 0.191 e. The molecule has 2 aromatic heterocycles. The Balaban J connectivity index is 0.00000225. The standard InChI is InChI=1S/C18H22N4OS.HI/c1-2-19-18(21-13-14-7-6-12-23-14)20-11-5-10-17-22-15-8-3-4-9-16(15)24-17;/h3-4,6-9,12H,2,5,10-11,13H2,1H3,(H2,19,20,21);1H. The Hall–Kier alpha value is -1.61. The maximum atomic E-state index is 5.30. The largest absolute Gasteiger partial charge is 0.467 e.